The molecule has 3 aromatic rings. The van der Waals surface area contributed by atoms with E-state index in [1.807, 2.05) is 49.8 Å². The Balaban J connectivity index is 1.53. The molecule has 0 radical (unpaired) electrons. The minimum absolute atomic E-state index is 0.0908. The molecular formula is C24H28ClN5O5S2. The maximum atomic E-state index is 13.5. The topological polar surface area (TPSA) is 134 Å². The number of aliphatic hydroxyl groups excluding tert-OH is 1. The molecule has 4 atom stereocenters. The van der Waals surface area contributed by atoms with E-state index in [2.05, 4.69) is 24.9 Å². The third kappa shape index (κ3) is 6.52. The summed E-state index contributed by atoms with van der Waals surface area (Å²) in [7, 11) is 1.21. The first-order valence-electron chi connectivity index (χ1n) is 11.5. The molecular weight excluding hydrogens is 538 g/mol. The third-order valence-electron chi connectivity index (χ3n) is 6.11. The normalized spacial score (nSPS) is 20.8. The summed E-state index contributed by atoms with van der Waals surface area (Å²) < 4.78 is 30.5. The number of rotatable bonds is 10. The van der Waals surface area contributed by atoms with Gasteiger partial charge in [-0.15, -0.1) is 11.3 Å². The average molecular weight is 566 g/mol. The van der Waals surface area contributed by atoms with Gasteiger partial charge in [-0.25, -0.2) is 9.97 Å². The van der Waals surface area contributed by atoms with Crippen LogP contribution in [-0.2, 0) is 14.5 Å². The number of nitrogens with zero attached hydrogens (tertiary/aromatic N) is 3. The van der Waals surface area contributed by atoms with Gasteiger partial charge < -0.3 is 10.4 Å². The molecule has 0 saturated heterocycles. The van der Waals surface area contributed by atoms with E-state index in [0.29, 0.717) is 15.7 Å². The number of carbonyl (C=O) groups excluding carboxylic acids is 1. The van der Waals surface area contributed by atoms with E-state index in [1.54, 1.807) is 0 Å². The van der Waals surface area contributed by atoms with E-state index < -0.39 is 22.5 Å². The third-order valence-corrected chi connectivity index (χ3v) is 8.29. The van der Waals surface area contributed by atoms with Crippen molar-refractivity contribution in [2.45, 2.75) is 37.1 Å². The van der Waals surface area contributed by atoms with Crippen molar-refractivity contribution >= 4 is 44.8 Å². The van der Waals surface area contributed by atoms with Crippen LogP contribution < -0.4 is 10.0 Å². The number of hydrogen-bond donors (Lipinski definition) is 3. The van der Waals surface area contributed by atoms with Crippen LogP contribution in [0.15, 0.2) is 48.2 Å². The van der Waals surface area contributed by atoms with Crippen molar-refractivity contribution in [1.82, 2.24) is 19.6 Å². The lowest BCUT2D eigenvalue weighted by Gasteiger charge is -2.24. The summed E-state index contributed by atoms with van der Waals surface area (Å²) in [5.74, 6) is 0.0651. The number of aromatic nitrogens is 2. The molecule has 0 aliphatic heterocycles. The lowest BCUT2D eigenvalue weighted by molar-refractivity contribution is 0.0636. The summed E-state index contributed by atoms with van der Waals surface area (Å²) in [6.07, 6.45) is 1.32. The van der Waals surface area contributed by atoms with Crippen LogP contribution in [0.4, 0.5) is 5.82 Å². The van der Waals surface area contributed by atoms with Gasteiger partial charge in [0.1, 0.15) is 18.2 Å². The van der Waals surface area contributed by atoms with E-state index in [9.17, 15) is 18.3 Å². The summed E-state index contributed by atoms with van der Waals surface area (Å²) in [6, 6.07) is 9.05. The molecule has 1 saturated carbocycles. The zero-order valence-corrected chi connectivity index (χ0v) is 22.8. The van der Waals surface area contributed by atoms with Crippen LogP contribution in [-0.4, -0.2) is 73.6 Å². The average Bonchev–Trinajstić information content (AvgIpc) is 3.45. The van der Waals surface area contributed by atoms with E-state index >= 15 is 0 Å². The van der Waals surface area contributed by atoms with Crippen molar-refractivity contribution in [1.29, 1.82) is 0 Å². The molecule has 1 aromatic carbocycles. The van der Waals surface area contributed by atoms with Gasteiger partial charge in [0.2, 0.25) is 5.78 Å². The Kier molecular flexibility index (Phi) is 8.59. The number of aliphatic hydroxyl groups is 1. The minimum Gasteiger partial charge on any atom is -0.390 e. The summed E-state index contributed by atoms with van der Waals surface area (Å²) in [4.78, 5) is 24.3. The summed E-state index contributed by atoms with van der Waals surface area (Å²) in [5.41, 5.74) is 2.25. The molecule has 4 rings (SSSR count). The van der Waals surface area contributed by atoms with Crippen molar-refractivity contribution < 1.29 is 22.5 Å². The molecule has 37 heavy (non-hydrogen) atoms. The van der Waals surface area contributed by atoms with Crippen LogP contribution in [0, 0.1) is 0 Å². The second-order valence-corrected chi connectivity index (χ2v) is 11.8. The highest BCUT2D eigenvalue weighted by atomic mass is 35.5. The van der Waals surface area contributed by atoms with Gasteiger partial charge in [0.15, 0.2) is 0 Å². The zero-order valence-electron chi connectivity index (χ0n) is 20.5. The molecule has 2 aromatic heterocycles. The van der Waals surface area contributed by atoms with Gasteiger partial charge in [-0.2, -0.15) is 13.1 Å². The van der Waals surface area contributed by atoms with Gasteiger partial charge >= 0.3 is 10.3 Å². The molecule has 1 aliphatic carbocycles. The van der Waals surface area contributed by atoms with Crippen molar-refractivity contribution in [3.8, 4) is 0 Å². The molecule has 13 heteroatoms. The van der Waals surface area contributed by atoms with Gasteiger partial charge in [0.05, 0.1) is 22.6 Å². The number of halogens is 1. The molecule has 3 N–H and O–H groups in total. The fraction of sp³-hybridized carbons (Fsp3) is 0.375. The minimum atomic E-state index is -3.95. The first kappa shape index (κ1) is 27.6. The lowest BCUT2D eigenvalue weighted by atomic mass is 9.99. The van der Waals surface area contributed by atoms with Crippen molar-refractivity contribution in [2.24, 2.45) is 0 Å². The second kappa shape index (κ2) is 11.5. The molecule has 0 spiro atoms. The highest BCUT2D eigenvalue weighted by Gasteiger charge is 2.37. The summed E-state index contributed by atoms with van der Waals surface area (Å²) >= 11 is 7.55. The smallest absolute Gasteiger partial charge is 0.335 e. The van der Waals surface area contributed by atoms with Crippen LogP contribution in [0.25, 0.3) is 0 Å². The highest BCUT2D eigenvalue weighted by Crippen LogP contribution is 2.33. The van der Waals surface area contributed by atoms with E-state index in [1.165, 1.54) is 30.9 Å². The molecule has 1 fully saturated rings. The first-order valence-corrected chi connectivity index (χ1v) is 14.2. The van der Waals surface area contributed by atoms with Gasteiger partial charge in [-0.1, -0.05) is 23.7 Å². The fourth-order valence-electron chi connectivity index (χ4n) is 4.42. The standard InChI is InChI=1S/C24H28ClN5O5S2/c1-26-37(33,34)35-20-10-17(9-19(20)31)29-24-18(11-27-13-28-24)23(32)21-8-15(12-36-21)22(30(2)3)14-5-4-6-16(25)7-14/h4-8,11-13,17,19-20,22,26,31H,9-10H2,1-3H3,(H,27,28,29)/t17-,19+,20-,22+/m1/s1. The Morgan fingerprint density at radius 1 is 1.27 bits per heavy atom. The van der Waals surface area contributed by atoms with Gasteiger partial charge in [0.25, 0.3) is 0 Å². The van der Waals surface area contributed by atoms with Crippen LogP contribution in [0.2, 0.25) is 5.02 Å². The molecule has 1 aliphatic rings. The molecule has 0 unspecified atom stereocenters. The van der Waals surface area contributed by atoms with Crippen LogP contribution in [0.1, 0.15) is 45.2 Å². The van der Waals surface area contributed by atoms with Gasteiger partial charge in [-0.3, -0.25) is 13.9 Å². The van der Waals surface area contributed by atoms with Crippen LogP contribution >= 0.6 is 22.9 Å². The first-order chi connectivity index (χ1) is 17.6. The molecule has 0 bridgehead atoms. The SMILES string of the molecule is CNS(=O)(=O)O[C@@H]1C[C@H](Nc2ncncc2C(=O)c2cc([C@H](c3cccc(Cl)c3)N(C)C)cs2)C[C@@H]1O. The Bertz CT molecular complexity index is 1370. The predicted octanol–water partition coefficient (Wildman–Crippen LogP) is 2.86. The second-order valence-electron chi connectivity index (χ2n) is 8.95. The fourth-order valence-corrected chi connectivity index (χ4v) is 6.13. The van der Waals surface area contributed by atoms with E-state index in [0.717, 1.165) is 11.1 Å². The number of nitrogens with one attached hydrogen (secondary N) is 2. The number of anilines is 1. The Hall–Kier alpha value is -2.45. The maximum Gasteiger partial charge on any atom is 0.335 e. The number of hydrogen-bond acceptors (Lipinski definition) is 10. The summed E-state index contributed by atoms with van der Waals surface area (Å²) in [6.45, 7) is 0. The molecule has 198 valence electrons. The Labute approximate surface area is 224 Å². The van der Waals surface area contributed by atoms with E-state index in [4.69, 9.17) is 15.8 Å². The Morgan fingerprint density at radius 2 is 2.05 bits per heavy atom. The quantitative estimate of drug-likeness (QED) is 0.317. The summed E-state index contributed by atoms with van der Waals surface area (Å²) in [5, 5.41) is 16.0. The molecule has 0 amide bonds. The van der Waals surface area contributed by atoms with Crippen LogP contribution in [0.3, 0.4) is 0 Å². The monoisotopic (exact) mass is 565 g/mol. The van der Waals surface area contributed by atoms with Crippen molar-refractivity contribution in [3.05, 3.63) is 74.8 Å². The largest absolute Gasteiger partial charge is 0.390 e. The number of carbonyl (C=O) groups is 1. The number of ketones is 1. The maximum absolute atomic E-state index is 13.5. The van der Waals surface area contributed by atoms with Crippen LogP contribution in [0.5, 0.6) is 0 Å². The molecule has 2 heterocycles. The Morgan fingerprint density at radius 3 is 2.76 bits per heavy atom. The number of thiophene rings is 1. The zero-order chi connectivity index (χ0) is 26.7. The molecule has 10 nitrogen and oxygen atoms in total. The van der Waals surface area contributed by atoms with Crippen molar-refractivity contribution in [3.63, 3.8) is 0 Å². The van der Waals surface area contributed by atoms with Gasteiger partial charge in [-0.05, 0) is 61.6 Å². The predicted molar refractivity (Wildman–Crippen MR) is 142 cm³/mol. The lowest BCUT2D eigenvalue weighted by Crippen LogP contribution is -2.31. The number of benzene rings is 1. The van der Waals surface area contributed by atoms with E-state index in [-0.39, 0.29) is 36.3 Å². The van der Waals surface area contributed by atoms with Crippen molar-refractivity contribution in [2.75, 3.05) is 26.5 Å². The highest BCUT2D eigenvalue weighted by molar-refractivity contribution is 7.84. The van der Waals surface area contributed by atoms with Gasteiger partial charge in [0, 0.05) is 24.3 Å².